The van der Waals surface area contributed by atoms with Gasteiger partial charge in [-0.25, -0.2) is 0 Å². The molecule has 0 saturated heterocycles. The van der Waals surface area contributed by atoms with Crippen molar-refractivity contribution < 1.29 is 0 Å². The zero-order valence-electron chi connectivity index (χ0n) is 17.7. The monoisotopic (exact) mass is 456 g/mol. The SMILES string of the molecule is Cc1nnc2n1-c1sc(/C=C\c3ccc4c(c3)CCC4)cc1C(c1ccccc1Cl)=NC2. The number of hydrogen-bond acceptors (Lipinski definition) is 4. The zero-order chi connectivity index (χ0) is 21.7. The van der Waals surface area contributed by atoms with E-state index in [9.17, 15) is 0 Å². The maximum Gasteiger partial charge on any atom is 0.160 e. The van der Waals surface area contributed by atoms with Crippen molar-refractivity contribution in [3.05, 3.63) is 97.9 Å². The van der Waals surface area contributed by atoms with Crippen LogP contribution in [-0.4, -0.2) is 20.5 Å². The van der Waals surface area contributed by atoms with Gasteiger partial charge in [0.15, 0.2) is 5.82 Å². The highest BCUT2D eigenvalue weighted by Crippen LogP contribution is 2.35. The largest absolute Gasteiger partial charge is 0.276 e. The predicted molar refractivity (Wildman–Crippen MR) is 132 cm³/mol. The van der Waals surface area contributed by atoms with E-state index in [1.807, 2.05) is 31.2 Å². The lowest BCUT2D eigenvalue weighted by Crippen LogP contribution is -2.05. The highest BCUT2D eigenvalue weighted by atomic mass is 35.5. The lowest BCUT2D eigenvalue weighted by molar-refractivity contribution is 0.869. The van der Waals surface area contributed by atoms with Crippen LogP contribution in [0.1, 0.15) is 50.8 Å². The zero-order valence-corrected chi connectivity index (χ0v) is 19.2. The van der Waals surface area contributed by atoms with Crippen molar-refractivity contribution in [2.75, 3.05) is 0 Å². The molecule has 0 radical (unpaired) electrons. The van der Waals surface area contributed by atoms with Gasteiger partial charge in [0.1, 0.15) is 17.4 Å². The third-order valence-corrected chi connectivity index (χ3v) is 7.57. The van der Waals surface area contributed by atoms with Crippen LogP contribution in [-0.2, 0) is 19.4 Å². The van der Waals surface area contributed by atoms with Crippen molar-refractivity contribution in [3.63, 3.8) is 0 Å². The summed E-state index contributed by atoms with van der Waals surface area (Å²) in [6, 6.07) is 16.9. The van der Waals surface area contributed by atoms with Gasteiger partial charge in [0.2, 0.25) is 0 Å². The summed E-state index contributed by atoms with van der Waals surface area (Å²) in [6.45, 7) is 2.46. The van der Waals surface area contributed by atoms with E-state index in [1.165, 1.54) is 36.0 Å². The maximum atomic E-state index is 6.56. The van der Waals surface area contributed by atoms with E-state index >= 15 is 0 Å². The Morgan fingerprint density at radius 3 is 2.75 bits per heavy atom. The molecular weight excluding hydrogens is 436 g/mol. The van der Waals surface area contributed by atoms with Crippen molar-refractivity contribution in [2.45, 2.75) is 32.7 Å². The predicted octanol–water partition coefficient (Wildman–Crippen LogP) is 6.30. The van der Waals surface area contributed by atoms with E-state index in [0.29, 0.717) is 11.6 Å². The Balaban J connectivity index is 1.45. The van der Waals surface area contributed by atoms with Crippen LogP contribution in [0.2, 0.25) is 5.02 Å². The Kier molecular flexibility index (Phi) is 4.81. The minimum atomic E-state index is 0.475. The third kappa shape index (κ3) is 3.33. The van der Waals surface area contributed by atoms with Gasteiger partial charge in [-0.1, -0.05) is 54.1 Å². The van der Waals surface area contributed by atoms with Gasteiger partial charge in [-0.3, -0.25) is 9.56 Å². The van der Waals surface area contributed by atoms with Crippen molar-refractivity contribution in [1.82, 2.24) is 14.8 Å². The molecule has 1 aliphatic carbocycles. The van der Waals surface area contributed by atoms with E-state index in [0.717, 1.165) is 38.4 Å². The lowest BCUT2D eigenvalue weighted by Gasteiger charge is -2.08. The van der Waals surface area contributed by atoms with Gasteiger partial charge >= 0.3 is 0 Å². The number of aromatic nitrogens is 3. The molecule has 158 valence electrons. The molecule has 6 heteroatoms. The van der Waals surface area contributed by atoms with Crippen LogP contribution < -0.4 is 0 Å². The summed E-state index contributed by atoms with van der Waals surface area (Å²) in [4.78, 5) is 6.08. The first-order valence-corrected chi connectivity index (χ1v) is 12.0. The number of aryl methyl sites for hydroxylation is 3. The fraction of sp³-hybridized carbons (Fsp3) is 0.192. The standard InChI is InChI=1S/C26H21ClN4S/c1-16-29-30-24-15-28-25(21-7-2-3-8-23(21)27)22-14-20(32-26(22)31(16)24)12-10-17-9-11-18-5-4-6-19(18)13-17/h2-3,7-14H,4-6,15H2,1H3/b12-10-. The van der Waals surface area contributed by atoms with E-state index in [-0.39, 0.29) is 0 Å². The van der Waals surface area contributed by atoms with Crippen LogP contribution in [0.4, 0.5) is 0 Å². The Morgan fingerprint density at radius 2 is 1.84 bits per heavy atom. The highest BCUT2D eigenvalue weighted by molar-refractivity contribution is 7.16. The number of thiophene rings is 1. The number of halogens is 1. The van der Waals surface area contributed by atoms with Crippen molar-refractivity contribution in [1.29, 1.82) is 0 Å². The fourth-order valence-corrected chi connectivity index (χ4v) is 5.94. The smallest absolute Gasteiger partial charge is 0.160 e. The second-order valence-corrected chi connectivity index (χ2v) is 9.70. The summed E-state index contributed by atoms with van der Waals surface area (Å²) >= 11 is 8.29. The highest BCUT2D eigenvalue weighted by Gasteiger charge is 2.25. The van der Waals surface area contributed by atoms with Gasteiger partial charge in [-0.15, -0.1) is 21.5 Å². The second-order valence-electron chi connectivity index (χ2n) is 8.23. The molecule has 6 rings (SSSR count). The van der Waals surface area contributed by atoms with Gasteiger partial charge in [-0.2, -0.15) is 0 Å². The molecule has 0 atom stereocenters. The first kappa shape index (κ1) is 19.6. The van der Waals surface area contributed by atoms with E-state index < -0.39 is 0 Å². The molecule has 1 aliphatic heterocycles. The molecule has 0 fully saturated rings. The minimum Gasteiger partial charge on any atom is -0.276 e. The third-order valence-electron chi connectivity index (χ3n) is 6.15. The van der Waals surface area contributed by atoms with Gasteiger partial charge in [0.25, 0.3) is 0 Å². The average Bonchev–Trinajstić information content (AvgIpc) is 3.50. The Labute approximate surface area is 195 Å². The molecule has 32 heavy (non-hydrogen) atoms. The molecule has 4 aromatic rings. The number of aliphatic imine (C=N–C) groups is 1. The summed E-state index contributed by atoms with van der Waals surface area (Å²) in [7, 11) is 0. The Morgan fingerprint density at radius 1 is 0.969 bits per heavy atom. The van der Waals surface area contributed by atoms with Crippen LogP contribution in [0, 0.1) is 6.92 Å². The summed E-state index contributed by atoms with van der Waals surface area (Å²) in [5.41, 5.74) is 7.16. The molecule has 0 saturated carbocycles. The molecule has 2 aliphatic rings. The minimum absolute atomic E-state index is 0.475. The van der Waals surface area contributed by atoms with E-state index in [1.54, 1.807) is 11.3 Å². The Bertz CT molecular complexity index is 1410. The second kappa shape index (κ2) is 7.84. The van der Waals surface area contributed by atoms with Gasteiger partial charge in [-0.05, 0) is 61.1 Å². The number of hydrogen-bond donors (Lipinski definition) is 0. The summed E-state index contributed by atoms with van der Waals surface area (Å²) in [5.74, 6) is 1.72. The van der Waals surface area contributed by atoms with Gasteiger partial charge in [0, 0.05) is 21.0 Å². The van der Waals surface area contributed by atoms with E-state index in [2.05, 4.69) is 51.2 Å². The first-order valence-electron chi connectivity index (χ1n) is 10.8. The van der Waals surface area contributed by atoms with Gasteiger partial charge < -0.3 is 0 Å². The van der Waals surface area contributed by atoms with Crippen LogP contribution in [0.3, 0.4) is 0 Å². The van der Waals surface area contributed by atoms with E-state index in [4.69, 9.17) is 16.6 Å². The number of benzene rings is 2. The van der Waals surface area contributed by atoms with Crippen molar-refractivity contribution >= 4 is 40.8 Å². The van der Waals surface area contributed by atoms with Crippen LogP contribution in [0.15, 0.2) is 53.5 Å². The van der Waals surface area contributed by atoms with Crippen LogP contribution >= 0.6 is 22.9 Å². The topological polar surface area (TPSA) is 43.1 Å². The fourth-order valence-electron chi connectivity index (χ4n) is 4.58. The van der Waals surface area contributed by atoms with Crippen molar-refractivity contribution in [2.24, 2.45) is 4.99 Å². The van der Waals surface area contributed by atoms with Crippen molar-refractivity contribution in [3.8, 4) is 5.00 Å². The van der Waals surface area contributed by atoms with Crippen LogP contribution in [0.5, 0.6) is 0 Å². The maximum absolute atomic E-state index is 6.56. The van der Waals surface area contributed by atoms with Crippen LogP contribution in [0.25, 0.3) is 17.2 Å². The molecule has 3 heterocycles. The van der Waals surface area contributed by atoms with Gasteiger partial charge in [0.05, 0.1) is 5.71 Å². The molecule has 4 nitrogen and oxygen atoms in total. The molecule has 0 spiro atoms. The molecule has 0 bridgehead atoms. The summed E-state index contributed by atoms with van der Waals surface area (Å²) in [6.07, 6.45) is 8.07. The number of nitrogens with zero attached hydrogens (tertiary/aromatic N) is 4. The molecule has 2 aromatic carbocycles. The molecule has 2 aromatic heterocycles. The first-order chi connectivity index (χ1) is 15.7. The average molecular weight is 457 g/mol. The lowest BCUT2D eigenvalue weighted by atomic mass is 10.0. The normalized spacial score (nSPS) is 14.8. The molecule has 0 N–H and O–H groups in total. The quantitative estimate of drug-likeness (QED) is 0.363. The summed E-state index contributed by atoms with van der Waals surface area (Å²) in [5, 5.41) is 10.5. The molecular formula is C26H21ClN4S. The number of rotatable bonds is 3. The molecule has 0 unspecified atom stereocenters. The Hall–Kier alpha value is -3.02. The number of fused-ring (bicyclic) bond motifs is 4. The summed E-state index contributed by atoms with van der Waals surface area (Å²) < 4.78 is 2.13. The molecule has 0 amide bonds.